The smallest absolute Gasteiger partial charge is 0.268 e. The van der Waals surface area contributed by atoms with Crippen LogP contribution in [0.2, 0.25) is 5.02 Å². The molecule has 0 heterocycles. The molecule has 0 unspecified atom stereocenters. The van der Waals surface area contributed by atoms with Crippen LogP contribution >= 0.6 is 11.6 Å². The normalized spacial score (nSPS) is 11.0. The molecule has 1 N–H and O–H groups in total. The Labute approximate surface area is 192 Å². The first-order chi connectivity index (χ1) is 15.3. The minimum absolute atomic E-state index is 0.0306. The number of carbonyl (C=O) groups excluding carboxylic acids is 1. The highest BCUT2D eigenvalue weighted by molar-refractivity contribution is 7.93. The average Bonchev–Trinajstić information content (AvgIpc) is 2.78. The van der Waals surface area contributed by atoms with E-state index in [1.165, 1.54) is 26.4 Å². The van der Waals surface area contributed by atoms with Crippen LogP contribution in [0.15, 0.2) is 71.6 Å². The first-order valence-corrected chi connectivity index (χ1v) is 11.4. The van der Waals surface area contributed by atoms with Gasteiger partial charge in [-0.15, -0.1) is 0 Å². The summed E-state index contributed by atoms with van der Waals surface area (Å²) in [4.78, 5) is 12.9. The molecule has 7 nitrogen and oxygen atoms in total. The molecule has 1 amide bonds. The van der Waals surface area contributed by atoms with Crippen LogP contribution in [0, 0.1) is 6.92 Å². The summed E-state index contributed by atoms with van der Waals surface area (Å²) < 4.78 is 38.9. The molecule has 0 aliphatic heterocycles. The lowest BCUT2D eigenvalue weighted by Crippen LogP contribution is -2.38. The zero-order valence-electron chi connectivity index (χ0n) is 17.8. The van der Waals surface area contributed by atoms with Crippen molar-refractivity contribution in [2.45, 2.75) is 11.8 Å². The van der Waals surface area contributed by atoms with Gasteiger partial charge < -0.3 is 14.8 Å². The molecule has 0 bridgehead atoms. The quantitative estimate of drug-likeness (QED) is 0.519. The van der Waals surface area contributed by atoms with Crippen LogP contribution in [0.25, 0.3) is 0 Å². The maximum absolute atomic E-state index is 13.7. The Bertz CT molecular complexity index is 1220. The van der Waals surface area contributed by atoms with Crippen molar-refractivity contribution in [3.8, 4) is 11.5 Å². The van der Waals surface area contributed by atoms with Gasteiger partial charge in [-0.25, -0.2) is 8.42 Å². The number of carbonyl (C=O) groups is 1. The van der Waals surface area contributed by atoms with Crippen molar-refractivity contribution in [2.75, 3.05) is 30.4 Å². The minimum atomic E-state index is -4.14. The number of methoxy groups -OCH3 is 2. The summed E-state index contributed by atoms with van der Waals surface area (Å²) in [5.74, 6) is 0.0234. The fourth-order valence-electron chi connectivity index (χ4n) is 3.11. The number of sulfonamides is 1. The average molecular weight is 475 g/mol. The van der Waals surface area contributed by atoms with Crippen molar-refractivity contribution in [1.82, 2.24) is 0 Å². The number of aryl methyl sites for hydroxylation is 1. The molecule has 3 aromatic carbocycles. The first-order valence-electron chi connectivity index (χ1n) is 9.62. The zero-order valence-corrected chi connectivity index (χ0v) is 19.4. The van der Waals surface area contributed by atoms with E-state index in [0.29, 0.717) is 22.1 Å². The Morgan fingerprint density at radius 3 is 2.28 bits per heavy atom. The third-order valence-corrected chi connectivity index (χ3v) is 6.68. The summed E-state index contributed by atoms with van der Waals surface area (Å²) in [6, 6.07) is 18.0. The van der Waals surface area contributed by atoms with E-state index < -0.39 is 22.5 Å². The largest absolute Gasteiger partial charge is 0.495 e. The van der Waals surface area contributed by atoms with Crippen LogP contribution in [0.5, 0.6) is 11.5 Å². The molecule has 3 rings (SSSR count). The Morgan fingerprint density at radius 2 is 1.62 bits per heavy atom. The van der Waals surface area contributed by atoms with Crippen molar-refractivity contribution in [2.24, 2.45) is 0 Å². The van der Waals surface area contributed by atoms with Crippen molar-refractivity contribution in [1.29, 1.82) is 0 Å². The molecule has 0 atom stereocenters. The molecule has 0 aliphatic rings. The number of nitrogens with zero attached hydrogens (tertiary/aromatic N) is 1. The lowest BCUT2D eigenvalue weighted by molar-refractivity contribution is -0.114. The van der Waals surface area contributed by atoms with E-state index in [0.717, 1.165) is 9.87 Å². The third-order valence-electron chi connectivity index (χ3n) is 4.65. The summed E-state index contributed by atoms with van der Waals surface area (Å²) in [6.07, 6.45) is 0. The summed E-state index contributed by atoms with van der Waals surface area (Å²) in [5, 5.41) is 3.08. The summed E-state index contributed by atoms with van der Waals surface area (Å²) in [7, 11) is -1.28. The number of hydrogen-bond donors (Lipinski definition) is 1. The lowest BCUT2D eigenvalue weighted by atomic mass is 10.2. The number of para-hydroxylation sites is 1. The number of nitrogens with one attached hydrogen (secondary N) is 1. The van der Waals surface area contributed by atoms with Gasteiger partial charge in [-0.3, -0.25) is 9.10 Å². The molecular formula is C23H23ClN2O5S. The summed E-state index contributed by atoms with van der Waals surface area (Å²) in [5.41, 5.74) is 1.42. The van der Waals surface area contributed by atoms with Crippen molar-refractivity contribution in [3.63, 3.8) is 0 Å². The van der Waals surface area contributed by atoms with Gasteiger partial charge in [0.1, 0.15) is 22.9 Å². The van der Waals surface area contributed by atoms with Gasteiger partial charge in [-0.2, -0.15) is 0 Å². The van der Waals surface area contributed by atoms with Gasteiger partial charge in [0.25, 0.3) is 10.0 Å². The van der Waals surface area contributed by atoms with Gasteiger partial charge in [-0.1, -0.05) is 35.9 Å². The number of halogens is 1. The monoisotopic (exact) mass is 474 g/mol. The predicted molar refractivity (Wildman–Crippen MR) is 125 cm³/mol. The van der Waals surface area contributed by atoms with Crippen LogP contribution in [0.1, 0.15) is 5.56 Å². The second-order valence-corrected chi connectivity index (χ2v) is 9.16. The van der Waals surface area contributed by atoms with Crippen LogP contribution in [0.3, 0.4) is 0 Å². The number of benzene rings is 3. The van der Waals surface area contributed by atoms with Gasteiger partial charge in [0, 0.05) is 5.02 Å². The van der Waals surface area contributed by atoms with E-state index in [-0.39, 0.29) is 10.6 Å². The number of ether oxygens (including phenoxy) is 2. The lowest BCUT2D eigenvalue weighted by Gasteiger charge is -2.25. The highest BCUT2D eigenvalue weighted by Crippen LogP contribution is 2.31. The number of amides is 1. The molecule has 0 aliphatic carbocycles. The zero-order chi connectivity index (χ0) is 23.3. The Balaban J connectivity index is 2.01. The van der Waals surface area contributed by atoms with Crippen molar-refractivity contribution >= 4 is 38.9 Å². The van der Waals surface area contributed by atoms with Crippen LogP contribution in [0.4, 0.5) is 11.4 Å². The molecule has 168 valence electrons. The Hall–Kier alpha value is -3.23. The van der Waals surface area contributed by atoms with Gasteiger partial charge >= 0.3 is 0 Å². The molecular weight excluding hydrogens is 452 g/mol. The molecule has 0 radical (unpaired) electrons. The van der Waals surface area contributed by atoms with E-state index in [4.69, 9.17) is 21.1 Å². The van der Waals surface area contributed by atoms with E-state index in [1.54, 1.807) is 61.5 Å². The van der Waals surface area contributed by atoms with Gasteiger partial charge in [0.05, 0.1) is 25.6 Å². The predicted octanol–water partition coefficient (Wildman–Crippen LogP) is 4.50. The Kier molecular flexibility index (Phi) is 7.27. The topological polar surface area (TPSA) is 84.9 Å². The van der Waals surface area contributed by atoms with Crippen LogP contribution < -0.4 is 19.1 Å². The second kappa shape index (κ2) is 9.93. The maximum atomic E-state index is 13.7. The van der Waals surface area contributed by atoms with E-state index in [9.17, 15) is 13.2 Å². The fourth-order valence-corrected chi connectivity index (χ4v) is 4.95. The minimum Gasteiger partial charge on any atom is -0.495 e. The molecule has 0 saturated heterocycles. The molecule has 3 aromatic rings. The van der Waals surface area contributed by atoms with Crippen LogP contribution in [-0.4, -0.2) is 35.1 Å². The molecule has 32 heavy (non-hydrogen) atoms. The fraction of sp³-hybridized carbons (Fsp3) is 0.174. The summed E-state index contributed by atoms with van der Waals surface area (Å²) >= 11 is 6.03. The standard InChI is InChI=1S/C23H23ClN2O5S/c1-16-9-11-21(31-3)22(13-16)32(28,29)26(18-7-5-4-6-8-18)15-23(27)25-19-14-17(24)10-12-20(19)30-2/h4-14H,15H2,1-3H3,(H,25,27). The third kappa shape index (κ3) is 5.15. The van der Waals surface area contributed by atoms with Crippen LogP contribution in [-0.2, 0) is 14.8 Å². The number of anilines is 2. The van der Waals surface area contributed by atoms with Gasteiger partial charge in [0.2, 0.25) is 5.91 Å². The highest BCUT2D eigenvalue weighted by atomic mass is 35.5. The number of hydrogen-bond acceptors (Lipinski definition) is 5. The van der Waals surface area contributed by atoms with Gasteiger partial charge in [-0.05, 0) is 55.0 Å². The van der Waals surface area contributed by atoms with Crippen molar-refractivity contribution in [3.05, 3.63) is 77.3 Å². The van der Waals surface area contributed by atoms with Crippen molar-refractivity contribution < 1.29 is 22.7 Å². The van der Waals surface area contributed by atoms with E-state index >= 15 is 0 Å². The SMILES string of the molecule is COc1ccc(Cl)cc1NC(=O)CN(c1ccccc1)S(=O)(=O)c1cc(C)ccc1OC. The summed E-state index contributed by atoms with van der Waals surface area (Å²) in [6.45, 7) is 1.31. The molecule has 9 heteroatoms. The molecule has 0 fully saturated rings. The van der Waals surface area contributed by atoms with E-state index in [1.807, 2.05) is 0 Å². The Morgan fingerprint density at radius 1 is 0.969 bits per heavy atom. The first kappa shape index (κ1) is 23.4. The molecule has 0 saturated carbocycles. The molecule has 0 spiro atoms. The molecule has 0 aromatic heterocycles. The number of rotatable bonds is 8. The maximum Gasteiger partial charge on any atom is 0.268 e. The second-order valence-electron chi connectivity index (χ2n) is 6.89. The van der Waals surface area contributed by atoms with E-state index in [2.05, 4.69) is 5.32 Å². The highest BCUT2D eigenvalue weighted by Gasteiger charge is 2.30. The van der Waals surface area contributed by atoms with Gasteiger partial charge in [0.15, 0.2) is 0 Å².